The lowest BCUT2D eigenvalue weighted by Crippen LogP contribution is -2.43. The number of amides is 2. The Bertz CT molecular complexity index is 2270. The summed E-state index contributed by atoms with van der Waals surface area (Å²) in [6.07, 6.45) is -7.00. The van der Waals surface area contributed by atoms with Gasteiger partial charge < -0.3 is 38.6 Å². The number of hydrogen-bond donors (Lipinski definition) is 3. The maximum absolute atomic E-state index is 13.5. The minimum Gasteiger partial charge on any atom is -0.497 e. The van der Waals surface area contributed by atoms with E-state index in [1.54, 1.807) is 19.5 Å². The van der Waals surface area contributed by atoms with Gasteiger partial charge in [-0.3, -0.25) is 23.9 Å². The summed E-state index contributed by atoms with van der Waals surface area (Å²) in [6.45, 7) is 6.79. The van der Waals surface area contributed by atoms with Crippen LogP contribution in [0.25, 0.3) is 0 Å². The smallest absolute Gasteiger partial charge is 0.471 e. The number of carbonyl (C=O) groups excluding carboxylic acids is 2. The third-order valence-electron chi connectivity index (χ3n) is 10.2. The lowest BCUT2D eigenvalue weighted by Gasteiger charge is -2.39. The first-order valence-electron chi connectivity index (χ1n) is 20.4. The molecule has 0 spiro atoms. The van der Waals surface area contributed by atoms with Gasteiger partial charge in [-0.2, -0.15) is 18.4 Å². The van der Waals surface area contributed by atoms with E-state index in [-0.39, 0.29) is 38.1 Å². The van der Waals surface area contributed by atoms with Gasteiger partial charge in [0.15, 0.2) is 0 Å². The van der Waals surface area contributed by atoms with Crippen molar-refractivity contribution in [2.75, 3.05) is 40.5 Å². The summed E-state index contributed by atoms with van der Waals surface area (Å²) in [5.41, 5.74) is -1.59. The summed E-state index contributed by atoms with van der Waals surface area (Å²) in [5.74, 6) is -1.98. The molecule has 20 heteroatoms. The monoisotopic (exact) mass is 912 g/mol. The van der Waals surface area contributed by atoms with Crippen molar-refractivity contribution < 1.29 is 50.8 Å². The molecule has 1 aliphatic heterocycles. The lowest BCUT2D eigenvalue weighted by molar-refractivity contribution is -0.173. The second-order valence-electron chi connectivity index (χ2n) is 15.1. The Kier molecular flexibility index (Phi) is 17.2. The summed E-state index contributed by atoms with van der Waals surface area (Å²) in [7, 11) is 1.27. The first kappa shape index (κ1) is 49.4. The summed E-state index contributed by atoms with van der Waals surface area (Å²) < 4.78 is 78.9. The summed E-state index contributed by atoms with van der Waals surface area (Å²) in [5, 5.41) is 13.3. The Labute approximate surface area is 369 Å². The molecule has 4 aromatic rings. The van der Waals surface area contributed by atoms with Gasteiger partial charge in [0.05, 0.1) is 46.0 Å². The molecule has 3 aromatic carbocycles. The van der Waals surface area contributed by atoms with Crippen LogP contribution in [0, 0.1) is 11.3 Å². The molecule has 0 bridgehead atoms. The van der Waals surface area contributed by atoms with Crippen molar-refractivity contribution in [1.29, 1.82) is 5.26 Å². The van der Waals surface area contributed by atoms with Crippen LogP contribution in [0.4, 0.5) is 13.2 Å². The Balaban J connectivity index is 1.56. The number of nitriles is 1. The van der Waals surface area contributed by atoms with Gasteiger partial charge >= 0.3 is 17.8 Å². The van der Waals surface area contributed by atoms with Crippen molar-refractivity contribution in [3.63, 3.8) is 0 Å². The van der Waals surface area contributed by atoms with Crippen LogP contribution in [0.1, 0.15) is 73.8 Å². The highest BCUT2D eigenvalue weighted by Gasteiger charge is 2.45. The molecule has 1 unspecified atom stereocenters. The Morgan fingerprint density at radius 2 is 1.47 bits per heavy atom. The average molecular weight is 913 g/mol. The van der Waals surface area contributed by atoms with E-state index < -0.39 is 80.5 Å². The molecule has 1 fully saturated rings. The fourth-order valence-electron chi connectivity index (χ4n) is 7.23. The molecule has 2 heterocycles. The topological polar surface area (TPSA) is 195 Å². The molecule has 0 saturated carbocycles. The van der Waals surface area contributed by atoms with Crippen LogP contribution in [-0.2, 0) is 28.9 Å². The van der Waals surface area contributed by atoms with Crippen molar-refractivity contribution in [2.45, 2.75) is 82.8 Å². The number of carbonyl (C=O) groups is 2. The Morgan fingerprint density at radius 3 is 2.00 bits per heavy atom. The van der Waals surface area contributed by atoms with Gasteiger partial charge in [-0.15, -0.1) is 0 Å². The fourth-order valence-corrected chi connectivity index (χ4v) is 8.99. The number of H-pyrrole nitrogens is 1. The molecule has 16 nitrogen and oxygen atoms in total. The van der Waals surface area contributed by atoms with Gasteiger partial charge in [0.25, 0.3) is 20.0 Å². The number of ether oxygens (including phenoxy) is 4. The number of nitrogens with one attached hydrogen (secondary N) is 3. The molecule has 0 radical (unpaired) electrons. The van der Waals surface area contributed by atoms with E-state index in [9.17, 15) is 37.6 Å². The zero-order chi connectivity index (χ0) is 46.6. The second-order valence-corrected chi connectivity index (χ2v) is 16.5. The first-order chi connectivity index (χ1) is 30.5. The number of rotatable bonds is 21. The quantitative estimate of drug-likeness (QED) is 0.0508. The van der Waals surface area contributed by atoms with E-state index in [1.807, 2.05) is 111 Å². The highest BCUT2D eigenvalue weighted by atomic mass is 31.2. The molecule has 344 valence electrons. The van der Waals surface area contributed by atoms with E-state index in [0.717, 1.165) is 27.5 Å². The fraction of sp³-hybridized carbons (Fsp3) is 0.432. The van der Waals surface area contributed by atoms with E-state index in [1.165, 1.54) is 0 Å². The first-order valence-corrected chi connectivity index (χ1v) is 21.5. The highest BCUT2D eigenvalue weighted by Crippen LogP contribution is 2.50. The molecule has 1 aliphatic rings. The zero-order valence-electron chi connectivity index (χ0n) is 36.2. The van der Waals surface area contributed by atoms with Gasteiger partial charge in [-0.05, 0) is 68.7 Å². The van der Waals surface area contributed by atoms with Crippen molar-refractivity contribution in [1.82, 2.24) is 24.9 Å². The Hall–Kier alpha value is -5.61. The van der Waals surface area contributed by atoms with E-state index in [0.29, 0.717) is 11.5 Å². The molecule has 1 saturated heterocycles. The van der Waals surface area contributed by atoms with Crippen LogP contribution >= 0.6 is 8.53 Å². The molecule has 1 aromatic heterocycles. The number of halogens is 3. The maximum Gasteiger partial charge on any atom is 0.471 e. The number of nitrogens with zero attached hydrogens (tertiary/aromatic N) is 3. The van der Waals surface area contributed by atoms with Crippen molar-refractivity contribution in [2.24, 2.45) is 0 Å². The van der Waals surface area contributed by atoms with Crippen LogP contribution in [0.15, 0.2) is 94.6 Å². The zero-order valence-corrected chi connectivity index (χ0v) is 37.1. The number of alkyl halides is 3. The third-order valence-corrected chi connectivity index (χ3v) is 12.3. The molecular formula is C44H52F3N6O10P. The Morgan fingerprint density at radius 1 is 0.906 bits per heavy atom. The van der Waals surface area contributed by atoms with Crippen LogP contribution in [0.2, 0.25) is 0 Å². The van der Waals surface area contributed by atoms with Crippen molar-refractivity contribution >= 4 is 20.3 Å². The third kappa shape index (κ3) is 11.9. The van der Waals surface area contributed by atoms with Crippen molar-refractivity contribution in [3.05, 3.63) is 128 Å². The lowest BCUT2D eigenvalue weighted by atomic mass is 9.80. The summed E-state index contributed by atoms with van der Waals surface area (Å²) >= 11 is 0. The van der Waals surface area contributed by atoms with Crippen LogP contribution in [0.3, 0.4) is 0 Å². The summed E-state index contributed by atoms with van der Waals surface area (Å²) in [4.78, 5) is 52.9. The number of benzene rings is 3. The summed E-state index contributed by atoms with van der Waals surface area (Å²) in [6, 6.07) is 26.3. The molecule has 5 rings (SSSR count). The average Bonchev–Trinajstić information content (AvgIpc) is 3.67. The van der Waals surface area contributed by atoms with E-state index in [4.69, 9.17) is 28.0 Å². The van der Waals surface area contributed by atoms with Crippen LogP contribution in [-0.4, -0.2) is 97.0 Å². The van der Waals surface area contributed by atoms with Crippen LogP contribution in [0.5, 0.6) is 11.5 Å². The normalized spacial score (nSPS) is 17.0. The van der Waals surface area contributed by atoms with E-state index >= 15 is 0 Å². The van der Waals surface area contributed by atoms with Gasteiger partial charge in [-0.25, -0.2) is 9.46 Å². The van der Waals surface area contributed by atoms with Gasteiger partial charge in [-0.1, -0.05) is 54.6 Å². The number of aromatic amines is 1. The molecule has 3 N–H and O–H groups in total. The highest BCUT2D eigenvalue weighted by molar-refractivity contribution is 7.44. The number of hydrogen-bond acceptors (Lipinski definition) is 12. The largest absolute Gasteiger partial charge is 0.497 e. The minimum atomic E-state index is -5.12. The standard InChI is InChI=1S/C44H52F3N6O10P/c1-28(2)53(29(3)4)64(61-24-10-21-48)63-36-25-38(52-26-35(40(55)51-42(52)57)39(54)49-22-23-50-41(56)44(45,46)47)62-37(36)27-60-43(30-11-8-7-9-12-30,31-13-17-33(58-5)18-14-31)32-15-19-34(59-6)20-16-32/h7-9,11-20,26,28-29,36-38H,10,22-25,27H2,1-6H3,(H,49,54)(H,50,56)(H,51,55,57)/t36-,37+,38+,64?/m0/s1. The van der Waals surface area contributed by atoms with E-state index in [2.05, 4.69) is 16.4 Å². The predicted molar refractivity (Wildman–Crippen MR) is 230 cm³/mol. The van der Waals surface area contributed by atoms with Gasteiger partial charge in [0.2, 0.25) is 0 Å². The van der Waals surface area contributed by atoms with Crippen molar-refractivity contribution in [3.8, 4) is 17.6 Å². The van der Waals surface area contributed by atoms with Crippen LogP contribution < -0.4 is 31.4 Å². The molecule has 2 amide bonds. The SMILES string of the molecule is COc1ccc(C(OC[C@H]2O[C@@H](n3cc(C(=O)NCCNC(=O)C(F)(F)F)c(=O)[nH]c3=O)C[C@@H]2OP(OCCC#N)N(C(C)C)C(C)C)(c2ccccc2)c2ccc(OC)cc2)cc1. The minimum absolute atomic E-state index is 0.0155. The maximum atomic E-state index is 13.5. The molecule has 0 aliphatic carbocycles. The number of methoxy groups -OCH3 is 2. The molecule has 64 heavy (non-hydrogen) atoms. The number of aromatic nitrogens is 2. The van der Waals surface area contributed by atoms with Gasteiger partial charge in [0.1, 0.15) is 35.0 Å². The predicted octanol–water partition coefficient (Wildman–Crippen LogP) is 5.92. The van der Waals surface area contributed by atoms with Gasteiger partial charge in [0, 0.05) is 37.8 Å². The molecule has 4 atom stereocenters. The second kappa shape index (κ2) is 22.3. The molecular weight excluding hydrogens is 860 g/mol.